The maximum absolute atomic E-state index is 14.2. The summed E-state index contributed by atoms with van der Waals surface area (Å²) < 4.78 is 14.2. The fourth-order valence-electron chi connectivity index (χ4n) is 4.90. The summed E-state index contributed by atoms with van der Waals surface area (Å²) in [4.78, 5) is 30.0. The maximum atomic E-state index is 14.2. The van der Waals surface area contributed by atoms with Crippen molar-refractivity contribution in [1.82, 2.24) is 14.9 Å². The van der Waals surface area contributed by atoms with Crippen LogP contribution in [0.2, 0.25) is 0 Å². The van der Waals surface area contributed by atoms with Crippen molar-refractivity contribution in [1.29, 1.82) is 0 Å². The molecule has 6 nitrogen and oxygen atoms in total. The first-order valence-corrected chi connectivity index (χ1v) is 13.0. The van der Waals surface area contributed by atoms with Gasteiger partial charge in [-0.15, -0.1) is 0 Å². The molecule has 2 aromatic carbocycles. The van der Waals surface area contributed by atoms with Crippen molar-refractivity contribution in [3.63, 3.8) is 0 Å². The molecule has 0 N–H and O–H groups in total. The molecular formula is C27H30FN5OS. The van der Waals surface area contributed by atoms with Gasteiger partial charge in [-0.25, -0.2) is 14.4 Å². The van der Waals surface area contributed by atoms with Crippen LogP contribution in [0, 0.1) is 18.7 Å². The van der Waals surface area contributed by atoms with Crippen LogP contribution in [-0.2, 0) is 4.79 Å². The van der Waals surface area contributed by atoms with Gasteiger partial charge in [-0.3, -0.25) is 4.79 Å². The smallest absolute Gasteiger partial charge is 0.227 e. The highest BCUT2D eigenvalue weighted by molar-refractivity contribution is 7.99. The summed E-state index contributed by atoms with van der Waals surface area (Å²) >= 11 is 1.61. The SMILES string of the molecule is Cc1cccc(Sc2nccnc2N2CCC[C@@H](C(=O)N3CCN(c4ccccc4F)CC3)C2)c1. The highest BCUT2D eigenvalue weighted by Crippen LogP contribution is 2.34. The molecule has 0 unspecified atom stereocenters. The molecule has 0 bridgehead atoms. The van der Waals surface area contributed by atoms with Crippen LogP contribution in [0.3, 0.4) is 0 Å². The second-order valence-electron chi connectivity index (χ2n) is 9.15. The van der Waals surface area contributed by atoms with Gasteiger partial charge in [0.25, 0.3) is 0 Å². The second kappa shape index (κ2) is 10.6. The Morgan fingerprint density at radius 1 is 0.971 bits per heavy atom. The van der Waals surface area contributed by atoms with Crippen LogP contribution in [0.25, 0.3) is 0 Å². The molecule has 5 rings (SSSR count). The molecule has 1 atom stereocenters. The normalized spacial score (nSPS) is 18.6. The Morgan fingerprint density at radius 2 is 1.77 bits per heavy atom. The first-order chi connectivity index (χ1) is 17.1. The largest absolute Gasteiger partial charge is 0.366 e. The Kier molecular flexibility index (Phi) is 7.18. The van der Waals surface area contributed by atoms with Crippen LogP contribution in [0.1, 0.15) is 18.4 Å². The number of carbonyl (C=O) groups is 1. The van der Waals surface area contributed by atoms with E-state index < -0.39 is 0 Å². The van der Waals surface area contributed by atoms with E-state index in [0.717, 1.165) is 35.1 Å². The van der Waals surface area contributed by atoms with Gasteiger partial charge in [-0.2, -0.15) is 0 Å². The summed E-state index contributed by atoms with van der Waals surface area (Å²) in [5.74, 6) is 0.765. The van der Waals surface area contributed by atoms with Crippen LogP contribution in [0.4, 0.5) is 15.9 Å². The van der Waals surface area contributed by atoms with Crippen molar-refractivity contribution in [3.8, 4) is 0 Å². The lowest BCUT2D eigenvalue weighted by Gasteiger charge is -2.40. The third-order valence-corrected chi connectivity index (χ3v) is 7.68. The minimum Gasteiger partial charge on any atom is -0.366 e. The second-order valence-corrected chi connectivity index (χ2v) is 10.2. The van der Waals surface area contributed by atoms with Crippen molar-refractivity contribution >= 4 is 29.2 Å². The Balaban J connectivity index is 1.24. The fourth-order valence-corrected chi connectivity index (χ4v) is 5.90. The molecule has 2 fully saturated rings. The number of rotatable bonds is 5. The van der Waals surface area contributed by atoms with Crippen molar-refractivity contribution in [2.24, 2.45) is 5.92 Å². The number of piperidine rings is 1. The number of aryl methyl sites for hydroxylation is 1. The zero-order valence-corrected chi connectivity index (χ0v) is 20.8. The molecule has 35 heavy (non-hydrogen) atoms. The number of halogens is 1. The molecule has 3 aromatic rings. The summed E-state index contributed by atoms with van der Waals surface area (Å²) in [7, 11) is 0. The van der Waals surface area contributed by atoms with Crippen LogP contribution in [-0.4, -0.2) is 60.0 Å². The van der Waals surface area contributed by atoms with Gasteiger partial charge in [-0.1, -0.05) is 41.6 Å². The first kappa shape index (κ1) is 23.6. The molecule has 0 spiro atoms. The van der Waals surface area contributed by atoms with Crippen molar-refractivity contribution < 1.29 is 9.18 Å². The predicted molar refractivity (Wildman–Crippen MR) is 137 cm³/mol. The number of aromatic nitrogens is 2. The van der Waals surface area contributed by atoms with Crippen LogP contribution < -0.4 is 9.80 Å². The molecule has 1 aromatic heterocycles. The number of piperazine rings is 1. The third-order valence-electron chi connectivity index (χ3n) is 6.71. The molecule has 0 radical (unpaired) electrons. The number of para-hydroxylation sites is 1. The van der Waals surface area contributed by atoms with Crippen molar-refractivity contribution in [3.05, 3.63) is 72.3 Å². The average Bonchev–Trinajstić information content (AvgIpc) is 2.89. The van der Waals surface area contributed by atoms with E-state index in [0.29, 0.717) is 38.4 Å². The number of hydrogen-bond acceptors (Lipinski definition) is 6. The minimum absolute atomic E-state index is 0.0670. The monoisotopic (exact) mass is 491 g/mol. The topological polar surface area (TPSA) is 52.6 Å². The van der Waals surface area contributed by atoms with Gasteiger partial charge in [0.1, 0.15) is 10.8 Å². The fraction of sp³-hybridized carbons (Fsp3) is 0.370. The van der Waals surface area contributed by atoms with Gasteiger partial charge < -0.3 is 14.7 Å². The zero-order valence-electron chi connectivity index (χ0n) is 19.9. The number of anilines is 2. The van der Waals surface area contributed by atoms with E-state index in [1.165, 1.54) is 11.6 Å². The summed E-state index contributed by atoms with van der Waals surface area (Å²) in [5, 5.41) is 0.865. The Labute approximate surface area is 210 Å². The van der Waals surface area contributed by atoms with E-state index in [2.05, 4.69) is 46.1 Å². The number of hydrogen-bond donors (Lipinski definition) is 0. The lowest BCUT2D eigenvalue weighted by molar-refractivity contribution is -0.136. The van der Waals surface area contributed by atoms with Crippen LogP contribution in [0.15, 0.2) is 70.8 Å². The van der Waals surface area contributed by atoms with Gasteiger partial charge >= 0.3 is 0 Å². The summed E-state index contributed by atoms with van der Waals surface area (Å²) in [5.41, 5.74) is 1.82. The lowest BCUT2D eigenvalue weighted by Crippen LogP contribution is -2.53. The standard InChI is InChI=1S/C27H30FN5OS/c1-20-6-4-8-22(18-20)35-26-25(29-11-12-30-26)33-13-5-7-21(19-33)27(34)32-16-14-31(15-17-32)24-10-3-2-9-23(24)28/h2-4,6,8-12,18,21H,5,7,13-17,19H2,1H3/t21-/m1/s1. The number of amides is 1. The molecule has 2 aliphatic heterocycles. The van der Waals surface area contributed by atoms with Gasteiger partial charge in [0.2, 0.25) is 5.91 Å². The molecule has 0 aliphatic carbocycles. The van der Waals surface area contributed by atoms with Gasteiger partial charge in [0, 0.05) is 56.6 Å². The van der Waals surface area contributed by atoms with Gasteiger partial charge in [-0.05, 0) is 44.0 Å². The Morgan fingerprint density at radius 3 is 2.57 bits per heavy atom. The third kappa shape index (κ3) is 5.42. The summed E-state index contributed by atoms with van der Waals surface area (Å²) in [6.07, 6.45) is 5.27. The molecule has 2 saturated heterocycles. The van der Waals surface area contributed by atoms with E-state index >= 15 is 0 Å². The molecule has 1 amide bonds. The quantitative estimate of drug-likeness (QED) is 0.518. The predicted octanol–water partition coefficient (Wildman–Crippen LogP) is 4.64. The Bertz CT molecular complexity index is 1180. The van der Waals surface area contributed by atoms with Gasteiger partial charge in [0.05, 0.1) is 11.6 Å². The Hall–Kier alpha value is -3.13. The molecule has 182 valence electrons. The molecule has 3 heterocycles. The molecular weight excluding hydrogens is 461 g/mol. The van der Waals surface area contributed by atoms with Crippen LogP contribution in [0.5, 0.6) is 0 Å². The highest BCUT2D eigenvalue weighted by atomic mass is 32.2. The molecule has 8 heteroatoms. The van der Waals surface area contributed by atoms with Crippen LogP contribution >= 0.6 is 11.8 Å². The first-order valence-electron chi connectivity index (χ1n) is 12.2. The van der Waals surface area contributed by atoms with E-state index in [4.69, 9.17) is 0 Å². The summed E-state index contributed by atoms with van der Waals surface area (Å²) in [6.45, 7) is 6.11. The number of carbonyl (C=O) groups excluding carboxylic acids is 1. The van der Waals surface area contributed by atoms with E-state index in [-0.39, 0.29) is 17.6 Å². The highest BCUT2D eigenvalue weighted by Gasteiger charge is 2.32. The number of benzene rings is 2. The van der Waals surface area contributed by atoms with Crippen molar-refractivity contribution in [2.75, 3.05) is 49.1 Å². The maximum Gasteiger partial charge on any atom is 0.227 e. The lowest BCUT2D eigenvalue weighted by atomic mass is 9.96. The summed E-state index contributed by atoms with van der Waals surface area (Å²) in [6, 6.07) is 15.2. The van der Waals surface area contributed by atoms with E-state index in [9.17, 15) is 9.18 Å². The molecule has 0 saturated carbocycles. The minimum atomic E-state index is -0.210. The number of nitrogens with zero attached hydrogens (tertiary/aromatic N) is 5. The average molecular weight is 492 g/mol. The molecule has 2 aliphatic rings. The van der Waals surface area contributed by atoms with E-state index in [1.54, 1.807) is 36.3 Å². The van der Waals surface area contributed by atoms with Gasteiger partial charge in [0.15, 0.2) is 5.82 Å². The zero-order chi connectivity index (χ0) is 24.2. The van der Waals surface area contributed by atoms with Crippen molar-refractivity contribution in [2.45, 2.75) is 29.7 Å². The van der Waals surface area contributed by atoms with E-state index in [1.807, 2.05) is 15.9 Å².